The first-order chi connectivity index (χ1) is 15.0. The first-order valence-corrected chi connectivity index (χ1v) is 11.5. The minimum absolute atomic E-state index is 0.0145. The molecule has 0 spiro atoms. The Kier molecular flexibility index (Phi) is 6.46. The van der Waals surface area contributed by atoms with Crippen LogP contribution in [0.5, 0.6) is 0 Å². The van der Waals surface area contributed by atoms with Gasteiger partial charge in [0.2, 0.25) is 5.91 Å². The van der Waals surface area contributed by atoms with Crippen LogP contribution in [0.2, 0.25) is 0 Å². The van der Waals surface area contributed by atoms with Crippen molar-refractivity contribution >= 4 is 17.5 Å². The number of nitrogens with zero attached hydrogens (tertiary/aromatic N) is 2. The van der Waals surface area contributed by atoms with Gasteiger partial charge in [0.15, 0.2) is 0 Å². The zero-order chi connectivity index (χ0) is 22.0. The van der Waals surface area contributed by atoms with E-state index in [1.807, 2.05) is 26.0 Å². The lowest BCUT2D eigenvalue weighted by Gasteiger charge is -2.21. The van der Waals surface area contributed by atoms with Crippen molar-refractivity contribution in [1.82, 2.24) is 9.80 Å². The highest BCUT2D eigenvalue weighted by Gasteiger charge is 2.37. The molecule has 4 rings (SSSR count). The van der Waals surface area contributed by atoms with Crippen LogP contribution in [0.15, 0.2) is 40.8 Å². The predicted molar refractivity (Wildman–Crippen MR) is 121 cm³/mol. The quantitative estimate of drug-likeness (QED) is 0.612. The van der Waals surface area contributed by atoms with Gasteiger partial charge in [0.25, 0.3) is 5.91 Å². The van der Waals surface area contributed by atoms with E-state index in [0.29, 0.717) is 55.3 Å². The number of hydrogen-bond acceptors (Lipinski definition) is 4. The molecule has 6 heteroatoms. The van der Waals surface area contributed by atoms with Gasteiger partial charge < -0.3 is 14.6 Å². The molecule has 0 aliphatic heterocycles. The van der Waals surface area contributed by atoms with Crippen LogP contribution in [0.4, 0.5) is 5.69 Å². The summed E-state index contributed by atoms with van der Waals surface area (Å²) in [5.41, 5.74) is 1.25. The van der Waals surface area contributed by atoms with Gasteiger partial charge in [0.1, 0.15) is 11.5 Å². The molecular formula is C25H33N3O3. The number of rotatable bonds is 10. The molecule has 2 aromatic rings. The van der Waals surface area contributed by atoms with E-state index in [9.17, 15) is 9.59 Å². The summed E-state index contributed by atoms with van der Waals surface area (Å²) in [6, 6.07) is 11.8. The molecule has 31 heavy (non-hydrogen) atoms. The summed E-state index contributed by atoms with van der Waals surface area (Å²) in [6.07, 6.45) is 3.44. The molecule has 2 aliphatic carbocycles. The SMILES string of the molecule is CCN(CC)C(=O)c1cccc(NC(=O)CN(Cc2ccc(C3CC3C)o2)C2CC2)c1. The van der Waals surface area contributed by atoms with Gasteiger partial charge in [-0.05, 0) is 69.4 Å². The number of furan rings is 1. The van der Waals surface area contributed by atoms with Gasteiger partial charge in [0.05, 0.1) is 13.1 Å². The Bertz CT molecular complexity index is 930. The Balaban J connectivity index is 1.36. The van der Waals surface area contributed by atoms with Crippen molar-refractivity contribution in [1.29, 1.82) is 0 Å². The normalized spacial score (nSPS) is 20.0. The molecule has 2 fully saturated rings. The highest BCUT2D eigenvalue weighted by atomic mass is 16.3. The van der Waals surface area contributed by atoms with Gasteiger partial charge in [-0.1, -0.05) is 13.0 Å². The predicted octanol–water partition coefficient (Wildman–Crippen LogP) is 4.49. The fourth-order valence-electron chi connectivity index (χ4n) is 4.16. The fourth-order valence-corrected chi connectivity index (χ4v) is 4.16. The van der Waals surface area contributed by atoms with Crippen LogP contribution < -0.4 is 5.32 Å². The van der Waals surface area contributed by atoms with Gasteiger partial charge in [-0.15, -0.1) is 0 Å². The highest BCUT2D eigenvalue weighted by Crippen LogP contribution is 2.47. The monoisotopic (exact) mass is 423 g/mol. The number of benzene rings is 1. The second kappa shape index (κ2) is 9.27. The molecule has 0 bridgehead atoms. The molecule has 2 aliphatic rings. The van der Waals surface area contributed by atoms with Crippen molar-refractivity contribution in [3.05, 3.63) is 53.5 Å². The summed E-state index contributed by atoms with van der Waals surface area (Å²) in [5.74, 6) is 3.21. The minimum Gasteiger partial charge on any atom is -0.464 e. The van der Waals surface area contributed by atoms with Crippen LogP contribution in [0.3, 0.4) is 0 Å². The Morgan fingerprint density at radius 1 is 1.13 bits per heavy atom. The summed E-state index contributed by atoms with van der Waals surface area (Å²) < 4.78 is 6.06. The van der Waals surface area contributed by atoms with Gasteiger partial charge in [-0.3, -0.25) is 14.5 Å². The number of nitrogens with one attached hydrogen (secondary N) is 1. The van der Waals surface area contributed by atoms with Crippen molar-refractivity contribution in [3.8, 4) is 0 Å². The summed E-state index contributed by atoms with van der Waals surface area (Å²) in [6.45, 7) is 8.47. The minimum atomic E-state index is -0.0677. The summed E-state index contributed by atoms with van der Waals surface area (Å²) >= 11 is 0. The number of anilines is 1. The summed E-state index contributed by atoms with van der Waals surface area (Å²) in [4.78, 5) is 29.3. The number of amides is 2. The second-order valence-corrected chi connectivity index (χ2v) is 8.87. The molecule has 0 radical (unpaired) electrons. The van der Waals surface area contributed by atoms with E-state index in [1.165, 1.54) is 6.42 Å². The topological polar surface area (TPSA) is 65.8 Å². The molecule has 1 N–H and O–H groups in total. The molecular weight excluding hydrogens is 390 g/mol. The van der Waals surface area contributed by atoms with Gasteiger partial charge >= 0.3 is 0 Å². The molecule has 2 saturated carbocycles. The molecule has 6 nitrogen and oxygen atoms in total. The molecule has 1 heterocycles. The number of carbonyl (C=O) groups excluding carboxylic acids is 2. The van der Waals surface area contributed by atoms with E-state index in [2.05, 4.69) is 29.3 Å². The first-order valence-electron chi connectivity index (χ1n) is 11.5. The lowest BCUT2D eigenvalue weighted by atomic mass is 10.1. The van der Waals surface area contributed by atoms with E-state index in [1.54, 1.807) is 17.0 Å². The maximum atomic E-state index is 12.8. The standard InChI is InChI=1S/C25H33N3O3/c1-4-27(5-2)25(30)18-7-6-8-19(14-18)26-24(29)16-28(20-9-10-20)15-21-11-12-23(31-21)22-13-17(22)3/h6-8,11-12,14,17,20,22H,4-5,9-10,13,15-16H2,1-3H3,(H,26,29). The van der Waals surface area contributed by atoms with E-state index >= 15 is 0 Å². The average molecular weight is 424 g/mol. The third-order valence-electron chi connectivity index (χ3n) is 6.37. The zero-order valence-corrected chi connectivity index (χ0v) is 18.8. The van der Waals surface area contributed by atoms with E-state index in [4.69, 9.17) is 4.42 Å². The average Bonchev–Trinajstić information content (AvgIpc) is 3.68. The van der Waals surface area contributed by atoms with E-state index < -0.39 is 0 Å². The highest BCUT2D eigenvalue weighted by molar-refractivity contribution is 5.97. The summed E-state index contributed by atoms with van der Waals surface area (Å²) in [7, 11) is 0. The first kappa shape index (κ1) is 21.6. The van der Waals surface area contributed by atoms with Gasteiger partial charge in [0, 0.05) is 36.3 Å². The maximum Gasteiger partial charge on any atom is 0.253 e. The van der Waals surface area contributed by atoms with Crippen molar-refractivity contribution in [2.75, 3.05) is 25.0 Å². The smallest absolute Gasteiger partial charge is 0.253 e. The van der Waals surface area contributed by atoms with Crippen LogP contribution in [-0.4, -0.2) is 47.3 Å². The van der Waals surface area contributed by atoms with Crippen LogP contribution >= 0.6 is 0 Å². The summed E-state index contributed by atoms with van der Waals surface area (Å²) in [5, 5.41) is 2.97. The van der Waals surface area contributed by atoms with Crippen molar-refractivity contribution in [2.24, 2.45) is 5.92 Å². The molecule has 0 saturated heterocycles. The third-order valence-corrected chi connectivity index (χ3v) is 6.37. The van der Waals surface area contributed by atoms with Gasteiger partial charge in [-0.25, -0.2) is 0 Å². The Labute approximate surface area is 184 Å². The Morgan fingerprint density at radius 2 is 1.87 bits per heavy atom. The van der Waals surface area contributed by atoms with Gasteiger partial charge in [-0.2, -0.15) is 0 Å². The number of carbonyl (C=O) groups is 2. The molecule has 2 unspecified atom stereocenters. The van der Waals surface area contributed by atoms with Crippen molar-refractivity contribution in [2.45, 2.75) is 58.5 Å². The van der Waals surface area contributed by atoms with Crippen molar-refractivity contribution < 1.29 is 14.0 Å². The molecule has 1 aromatic carbocycles. The molecule has 2 atom stereocenters. The second-order valence-electron chi connectivity index (χ2n) is 8.87. The van der Waals surface area contributed by atoms with Crippen LogP contribution in [-0.2, 0) is 11.3 Å². The maximum absolute atomic E-state index is 12.8. The third kappa shape index (κ3) is 5.37. The molecule has 2 amide bonds. The van der Waals surface area contributed by atoms with Crippen molar-refractivity contribution in [3.63, 3.8) is 0 Å². The van der Waals surface area contributed by atoms with Crippen LogP contribution in [0, 0.1) is 5.92 Å². The Morgan fingerprint density at radius 3 is 2.52 bits per heavy atom. The zero-order valence-electron chi connectivity index (χ0n) is 18.8. The van der Waals surface area contributed by atoms with E-state index in [0.717, 1.165) is 24.4 Å². The fraction of sp³-hybridized carbons (Fsp3) is 0.520. The lowest BCUT2D eigenvalue weighted by Crippen LogP contribution is -2.34. The van der Waals surface area contributed by atoms with E-state index in [-0.39, 0.29) is 11.8 Å². The molecule has 166 valence electrons. The lowest BCUT2D eigenvalue weighted by molar-refractivity contribution is -0.117. The number of hydrogen-bond donors (Lipinski definition) is 1. The van der Waals surface area contributed by atoms with Crippen LogP contribution in [0.25, 0.3) is 0 Å². The van der Waals surface area contributed by atoms with Crippen LogP contribution in [0.1, 0.15) is 67.8 Å². The Hall–Kier alpha value is -2.60. The largest absolute Gasteiger partial charge is 0.464 e. The molecule has 1 aromatic heterocycles.